The largest absolute Gasteiger partial charge is 0.444 e. The zero-order valence-corrected chi connectivity index (χ0v) is 13.6. The summed E-state index contributed by atoms with van der Waals surface area (Å²) in [6, 6.07) is 5.80. The van der Waals surface area contributed by atoms with Gasteiger partial charge in [0.2, 0.25) is 0 Å². The molecule has 1 aromatic rings. The van der Waals surface area contributed by atoms with Crippen molar-refractivity contribution in [3.05, 3.63) is 33.3 Å². The Morgan fingerprint density at radius 1 is 1.42 bits per heavy atom. The van der Waals surface area contributed by atoms with Crippen LogP contribution in [0.25, 0.3) is 0 Å². The zero-order valence-electron chi connectivity index (χ0n) is 11.2. The number of halogens is 2. The molecule has 1 fully saturated rings. The number of ether oxygens (including phenoxy) is 1. The van der Waals surface area contributed by atoms with E-state index in [4.69, 9.17) is 16.3 Å². The normalized spacial score (nSPS) is 16.2. The standard InChI is InChI=1S/C14H17BrClNO2/c1-14(2,3)19-13(18)17-7-9(8-17)11-6-10(15)4-5-12(11)16/h4-6,9H,7-8H2,1-3H3. The summed E-state index contributed by atoms with van der Waals surface area (Å²) in [5, 5.41) is 0.747. The summed E-state index contributed by atoms with van der Waals surface area (Å²) in [6.07, 6.45) is -0.255. The van der Waals surface area contributed by atoms with Crippen molar-refractivity contribution >= 4 is 33.6 Å². The van der Waals surface area contributed by atoms with Crippen LogP contribution in [-0.2, 0) is 4.74 Å². The van der Waals surface area contributed by atoms with Crippen LogP contribution in [-0.4, -0.2) is 29.7 Å². The van der Waals surface area contributed by atoms with Crippen molar-refractivity contribution in [1.82, 2.24) is 4.90 Å². The van der Waals surface area contributed by atoms with Crippen LogP contribution in [0, 0.1) is 0 Å². The van der Waals surface area contributed by atoms with Crippen molar-refractivity contribution in [3.63, 3.8) is 0 Å². The molecule has 2 rings (SSSR count). The Hall–Kier alpha value is -0.740. The molecule has 5 heteroatoms. The molecule has 0 spiro atoms. The molecular formula is C14H17BrClNO2. The molecule has 1 aromatic carbocycles. The second-order valence-corrected chi connectivity index (χ2v) is 7.07. The number of hydrogen-bond donors (Lipinski definition) is 0. The molecule has 0 aliphatic carbocycles. The third kappa shape index (κ3) is 3.63. The molecule has 1 saturated heterocycles. The fraction of sp³-hybridized carbons (Fsp3) is 0.500. The van der Waals surface area contributed by atoms with E-state index in [-0.39, 0.29) is 12.0 Å². The Morgan fingerprint density at radius 2 is 2.05 bits per heavy atom. The molecule has 1 amide bonds. The molecule has 1 heterocycles. The maximum Gasteiger partial charge on any atom is 0.410 e. The molecular weight excluding hydrogens is 330 g/mol. The Balaban J connectivity index is 1.96. The van der Waals surface area contributed by atoms with Crippen LogP contribution in [0.4, 0.5) is 4.79 Å². The fourth-order valence-electron chi connectivity index (χ4n) is 1.98. The van der Waals surface area contributed by atoms with Gasteiger partial charge in [0, 0.05) is 28.5 Å². The van der Waals surface area contributed by atoms with Crippen molar-refractivity contribution < 1.29 is 9.53 Å². The van der Waals surface area contributed by atoms with Gasteiger partial charge in [-0.2, -0.15) is 0 Å². The highest BCUT2D eigenvalue weighted by Gasteiger charge is 2.35. The number of likely N-dealkylation sites (tertiary alicyclic amines) is 1. The lowest BCUT2D eigenvalue weighted by Crippen LogP contribution is -2.50. The summed E-state index contributed by atoms with van der Waals surface area (Å²) < 4.78 is 6.33. The molecule has 0 aromatic heterocycles. The molecule has 0 unspecified atom stereocenters. The number of amides is 1. The van der Waals surface area contributed by atoms with Gasteiger partial charge < -0.3 is 9.64 Å². The summed E-state index contributed by atoms with van der Waals surface area (Å²) in [5.41, 5.74) is 0.631. The minimum Gasteiger partial charge on any atom is -0.444 e. The second kappa shape index (κ2) is 5.33. The van der Waals surface area contributed by atoms with Crippen molar-refractivity contribution in [3.8, 4) is 0 Å². The summed E-state index contributed by atoms with van der Waals surface area (Å²) in [5.74, 6) is 0.289. The van der Waals surface area contributed by atoms with Crippen LogP contribution in [0.15, 0.2) is 22.7 Å². The predicted molar refractivity (Wildman–Crippen MR) is 79.7 cm³/mol. The van der Waals surface area contributed by atoms with E-state index in [1.54, 1.807) is 4.90 Å². The number of hydrogen-bond acceptors (Lipinski definition) is 2. The van der Waals surface area contributed by atoms with E-state index in [1.807, 2.05) is 39.0 Å². The van der Waals surface area contributed by atoms with E-state index in [1.165, 1.54) is 0 Å². The van der Waals surface area contributed by atoms with Crippen LogP contribution < -0.4 is 0 Å². The average Bonchev–Trinajstić information content (AvgIpc) is 2.18. The first-order chi connectivity index (χ1) is 8.76. The maximum atomic E-state index is 11.8. The molecule has 1 aliphatic rings. The lowest BCUT2D eigenvalue weighted by Gasteiger charge is -2.40. The number of benzene rings is 1. The maximum absolute atomic E-state index is 11.8. The van der Waals surface area contributed by atoms with Gasteiger partial charge in [0.25, 0.3) is 0 Å². The molecule has 0 atom stereocenters. The first-order valence-electron chi connectivity index (χ1n) is 6.19. The van der Waals surface area contributed by atoms with Gasteiger partial charge in [-0.05, 0) is 44.5 Å². The van der Waals surface area contributed by atoms with E-state index < -0.39 is 5.60 Å². The number of rotatable bonds is 1. The molecule has 3 nitrogen and oxygen atoms in total. The second-order valence-electron chi connectivity index (χ2n) is 5.75. The molecule has 1 aliphatic heterocycles. The van der Waals surface area contributed by atoms with Gasteiger partial charge in [0.05, 0.1) is 0 Å². The minimum absolute atomic E-state index is 0.255. The SMILES string of the molecule is CC(C)(C)OC(=O)N1CC(c2cc(Br)ccc2Cl)C1. The van der Waals surface area contributed by atoms with E-state index >= 15 is 0 Å². The minimum atomic E-state index is -0.449. The van der Waals surface area contributed by atoms with Gasteiger partial charge in [0.1, 0.15) is 5.60 Å². The van der Waals surface area contributed by atoms with E-state index in [2.05, 4.69) is 15.9 Å². The van der Waals surface area contributed by atoms with Crippen LogP contribution >= 0.6 is 27.5 Å². The third-order valence-corrected chi connectivity index (χ3v) is 3.77. The zero-order chi connectivity index (χ0) is 14.2. The van der Waals surface area contributed by atoms with Gasteiger partial charge in [0.15, 0.2) is 0 Å². The van der Waals surface area contributed by atoms with Crippen molar-refractivity contribution in [1.29, 1.82) is 0 Å². The van der Waals surface area contributed by atoms with E-state index in [9.17, 15) is 4.79 Å². The van der Waals surface area contributed by atoms with Gasteiger partial charge in [-0.1, -0.05) is 27.5 Å². The highest BCUT2D eigenvalue weighted by molar-refractivity contribution is 9.10. The van der Waals surface area contributed by atoms with Crippen LogP contribution in [0.2, 0.25) is 5.02 Å². The molecule has 0 N–H and O–H groups in total. The van der Waals surface area contributed by atoms with Crippen LogP contribution in [0.5, 0.6) is 0 Å². The Kier molecular flexibility index (Phi) is 4.11. The van der Waals surface area contributed by atoms with Gasteiger partial charge in [-0.25, -0.2) is 4.79 Å². The van der Waals surface area contributed by atoms with Gasteiger partial charge >= 0.3 is 6.09 Å². The first-order valence-corrected chi connectivity index (χ1v) is 7.36. The lowest BCUT2D eigenvalue weighted by atomic mass is 9.92. The fourth-order valence-corrected chi connectivity index (χ4v) is 2.63. The monoisotopic (exact) mass is 345 g/mol. The third-order valence-electron chi connectivity index (χ3n) is 2.93. The number of nitrogens with zero attached hydrogens (tertiary/aromatic N) is 1. The molecule has 0 saturated carbocycles. The molecule has 104 valence electrons. The summed E-state index contributed by atoms with van der Waals surface area (Å²) in [4.78, 5) is 13.5. The molecule has 0 radical (unpaired) electrons. The number of carbonyl (C=O) groups excluding carboxylic acids is 1. The van der Waals surface area contributed by atoms with Crippen molar-refractivity contribution in [2.75, 3.05) is 13.1 Å². The highest BCUT2D eigenvalue weighted by atomic mass is 79.9. The van der Waals surface area contributed by atoms with E-state index in [0.717, 1.165) is 15.1 Å². The molecule has 19 heavy (non-hydrogen) atoms. The first kappa shape index (κ1) is 14.7. The van der Waals surface area contributed by atoms with Gasteiger partial charge in [-0.15, -0.1) is 0 Å². The predicted octanol–water partition coefficient (Wildman–Crippen LogP) is 4.44. The Morgan fingerprint density at radius 3 is 2.63 bits per heavy atom. The quantitative estimate of drug-likeness (QED) is 0.752. The smallest absolute Gasteiger partial charge is 0.410 e. The van der Waals surface area contributed by atoms with Crippen LogP contribution in [0.1, 0.15) is 32.3 Å². The van der Waals surface area contributed by atoms with Crippen LogP contribution in [0.3, 0.4) is 0 Å². The number of carbonyl (C=O) groups is 1. The molecule has 0 bridgehead atoms. The lowest BCUT2D eigenvalue weighted by molar-refractivity contribution is 0.00820. The topological polar surface area (TPSA) is 29.5 Å². The summed E-state index contributed by atoms with van der Waals surface area (Å²) in [7, 11) is 0. The van der Waals surface area contributed by atoms with Gasteiger partial charge in [-0.3, -0.25) is 0 Å². The summed E-state index contributed by atoms with van der Waals surface area (Å²) >= 11 is 9.62. The van der Waals surface area contributed by atoms with Crippen molar-refractivity contribution in [2.45, 2.75) is 32.3 Å². The Labute approximate surface area is 127 Å². The summed E-state index contributed by atoms with van der Waals surface area (Å²) in [6.45, 7) is 6.92. The highest BCUT2D eigenvalue weighted by Crippen LogP contribution is 2.34. The van der Waals surface area contributed by atoms with Crippen molar-refractivity contribution in [2.24, 2.45) is 0 Å². The Bertz CT molecular complexity index is 493. The van der Waals surface area contributed by atoms with E-state index in [0.29, 0.717) is 13.1 Å². The average molecular weight is 347 g/mol.